The molecule has 4 heteroatoms. The van der Waals surface area contributed by atoms with Gasteiger partial charge in [-0.25, -0.2) is 5.84 Å². The summed E-state index contributed by atoms with van der Waals surface area (Å²) < 4.78 is 0. The molecule has 0 bridgehead atoms. The Morgan fingerprint density at radius 2 is 1.93 bits per heavy atom. The average molecular weight is 216 g/mol. The van der Waals surface area contributed by atoms with Crippen LogP contribution in [0.15, 0.2) is 0 Å². The number of aliphatic hydroxyl groups is 1. The van der Waals surface area contributed by atoms with Gasteiger partial charge in [0.2, 0.25) is 5.91 Å². The Morgan fingerprint density at radius 3 is 2.53 bits per heavy atom. The van der Waals surface area contributed by atoms with Crippen LogP contribution in [0.25, 0.3) is 0 Å². The van der Waals surface area contributed by atoms with E-state index in [1.165, 1.54) is 25.7 Å². The van der Waals surface area contributed by atoms with E-state index in [0.29, 0.717) is 12.8 Å². The summed E-state index contributed by atoms with van der Waals surface area (Å²) >= 11 is 0. The zero-order valence-corrected chi connectivity index (χ0v) is 9.67. The monoisotopic (exact) mass is 216 g/mol. The topological polar surface area (TPSA) is 75.3 Å². The van der Waals surface area contributed by atoms with Gasteiger partial charge in [0.05, 0.1) is 6.10 Å². The van der Waals surface area contributed by atoms with Gasteiger partial charge >= 0.3 is 0 Å². The lowest BCUT2D eigenvalue weighted by Gasteiger charge is -2.09. The minimum absolute atomic E-state index is 0.208. The molecular weight excluding hydrogens is 192 g/mol. The van der Waals surface area contributed by atoms with E-state index in [9.17, 15) is 9.90 Å². The van der Waals surface area contributed by atoms with Crippen molar-refractivity contribution in [3.8, 4) is 0 Å². The summed E-state index contributed by atoms with van der Waals surface area (Å²) in [5, 5.41) is 9.53. The molecule has 0 aliphatic heterocycles. The predicted molar refractivity (Wildman–Crippen MR) is 60.9 cm³/mol. The molecule has 4 N–H and O–H groups in total. The quantitative estimate of drug-likeness (QED) is 0.236. The standard InChI is InChI=1S/C11H24N2O2/c1-2-3-4-5-6-7-10(14)8-9-11(15)13-12/h10,14H,2-9,12H2,1H3,(H,13,15). The SMILES string of the molecule is CCCCCCCC(O)CCC(=O)NN. The highest BCUT2D eigenvalue weighted by Crippen LogP contribution is 2.10. The van der Waals surface area contributed by atoms with Crippen LogP contribution < -0.4 is 11.3 Å². The normalized spacial score (nSPS) is 12.5. The number of unbranched alkanes of at least 4 members (excludes halogenated alkanes) is 4. The smallest absolute Gasteiger partial charge is 0.233 e. The maximum atomic E-state index is 10.8. The van der Waals surface area contributed by atoms with Gasteiger partial charge in [-0.2, -0.15) is 0 Å². The molecule has 90 valence electrons. The number of carbonyl (C=O) groups is 1. The number of nitrogens with two attached hydrogens (primary N) is 1. The van der Waals surface area contributed by atoms with Gasteiger partial charge in [0.15, 0.2) is 0 Å². The third-order valence-electron chi connectivity index (χ3n) is 2.51. The van der Waals surface area contributed by atoms with Gasteiger partial charge in [-0.05, 0) is 12.8 Å². The van der Waals surface area contributed by atoms with Gasteiger partial charge in [-0.1, -0.05) is 39.0 Å². The van der Waals surface area contributed by atoms with E-state index >= 15 is 0 Å². The summed E-state index contributed by atoms with van der Waals surface area (Å²) in [6.45, 7) is 2.18. The molecule has 0 aromatic heterocycles. The molecule has 0 radical (unpaired) electrons. The van der Waals surface area contributed by atoms with E-state index in [-0.39, 0.29) is 12.0 Å². The van der Waals surface area contributed by atoms with Crippen molar-refractivity contribution in [2.45, 2.75) is 64.4 Å². The van der Waals surface area contributed by atoms with Gasteiger partial charge in [0.1, 0.15) is 0 Å². The molecule has 0 saturated heterocycles. The number of hydrogen-bond acceptors (Lipinski definition) is 3. The van der Waals surface area contributed by atoms with E-state index in [1.807, 2.05) is 0 Å². The molecule has 0 aromatic rings. The second-order valence-corrected chi connectivity index (χ2v) is 3.96. The zero-order chi connectivity index (χ0) is 11.5. The Balaban J connectivity index is 3.25. The van der Waals surface area contributed by atoms with Crippen molar-refractivity contribution >= 4 is 5.91 Å². The van der Waals surface area contributed by atoms with Crippen LogP contribution in [0, 0.1) is 0 Å². The van der Waals surface area contributed by atoms with E-state index < -0.39 is 0 Å². The molecule has 15 heavy (non-hydrogen) atoms. The van der Waals surface area contributed by atoms with E-state index in [0.717, 1.165) is 12.8 Å². The molecule has 0 aliphatic carbocycles. The molecular formula is C11H24N2O2. The molecule has 0 saturated carbocycles. The minimum Gasteiger partial charge on any atom is -0.393 e. The highest BCUT2D eigenvalue weighted by Gasteiger charge is 2.06. The second-order valence-electron chi connectivity index (χ2n) is 3.96. The minimum atomic E-state index is -0.357. The van der Waals surface area contributed by atoms with E-state index in [2.05, 4.69) is 12.3 Å². The Kier molecular flexibility index (Phi) is 9.52. The number of aliphatic hydroxyl groups excluding tert-OH is 1. The molecule has 0 aliphatic rings. The van der Waals surface area contributed by atoms with Crippen LogP contribution >= 0.6 is 0 Å². The Bertz CT molecular complexity index is 163. The third kappa shape index (κ3) is 9.69. The summed E-state index contributed by atoms with van der Waals surface area (Å²) in [5.74, 6) is 4.72. The molecule has 0 fully saturated rings. The van der Waals surface area contributed by atoms with Crippen LogP contribution in [0.5, 0.6) is 0 Å². The summed E-state index contributed by atoms with van der Waals surface area (Å²) in [6, 6.07) is 0. The van der Waals surface area contributed by atoms with Crippen molar-refractivity contribution in [3.05, 3.63) is 0 Å². The molecule has 0 rings (SSSR count). The van der Waals surface area contributed by atoms with Gasteiger partial charge in [0, 0.05) is 6.42 Å². The maximum absolute atomic E-state index is 10.8. The first-order valence-corrected chi connectivity index (χ1v) is 5.88. The molecule has 0 heterocycles. The fourth-order valence-corrected chi connectivity index (χ4v) is 1.50. The van der Waals surface area contributed by atoms with Gasteiger partial charge in [-0.3, -0.25) is 10.2 Å². The number of carbonyl (C=O) groups excluding carboxylic acids is 1. The number of amides is 1. The molecule has 0 aromatic carbocycles. The van der Waals surface area contributed by atoms with Crippen LogP contribution in [-0.2, 0) is 4.79 Å². The number of hydrazine groups is 1. The maximum Gasteiger partial charge on any atom is 0.233 e. The lowest BCUT2D eigenvalue weighted by atomic mass is 10.0. The second kappa shape index (κ2) is 9.93. The molecule has 1 atom stereocenters. The molecule has 4 nitrogen and oxygen atoms in total. The third-order valence-corrected chi connectivity index (χ3v) is 2.51. The van der Waals surface area contributed by atoms with Crippen LogP contribution in [0.1, 0.15) is 58.3 Å². The lowest BCUT2D eigenvalue weighted by molar-refractivity contribution is -0.121. The number of rotatable bonds is 9. The van der Waals surface area contributed by atoms with Gasteiger partial charge in [-0.15, -0.1) is 0 Å². The Morgan fingerprint density at radius 1 is 1.27 bits per heavy atom. The van der Waals surface area contributed by atoms with Crippen LogP contribution in [-0.4, -0.2) is 17.1 Å². The summed E-state index contributed by atoms with van der Waals surface area (Å²) in [5.41, 5.74) is 2.05. The van der Waals surface area contributed by atoms with Crippen LogP contribution in [0.3, 0.4) is 0 Å². The highest BCUT2D eigenvalue weighted by molar-refractivity contribution is 5.75. The first-order valence-electron chi connectivity index (χ1n) is 5.88. The average Bonchev–Trinajstić information content (AvgIpc) is 2.25. The summed E-state index contributed by atoms with van der Waals surface area (Å²) in [4.78, 5) is 10.8. The van der Waals surface area contributed by atoms with Crippen molar-refractivity contribution < 1.29 is 9.90 Å². The van der Waals surface area contributed by atoms with Gasteiger partial charge in [0.25, 0.3) is 0 Å². The number of hydrogen-bond donors (Lipinski definition) is 3. The first-order chi connectivity index (χ1) is 7.20. The van der Waals surface area contributed by atoms with Crippen molar-refractivity contribution in [3.63, 3.8) is 0 Å². The highest BCUT2D eigenvalue weighted by atomic mass is 16.3. The molecule has 1 unspecified atom stereocenters. The van der Waals surface area contributed by atoms with E-state index in [4.69, 9.17) is 5.84 Å². The van der Waals surface area contributed by atoms with Crippen LogP contribution in [0.4, 0.5) is 0 Å². The number of nitrogens with one attached hydrogen (secondary N) is 1. The molecule has 1 amide bonds. The zero-order valence-electron chi connectivity index (χ0n) is 9.67. The summed E-state index contributed by atoms with van der Waals surface area (Å²) in [7, 11) is 0. The molecule has 0 spiro atoms. The van der Waals surface area contributed by atoms with Crippen molar-refractivity contribution in [2.75, 3.05) is 0 Å². The Hall–Kier alpha value is -0.610. The van der Waals surface area contributed by atoms with Crippen LogP contribution in [0.2, 0.25) is 0 Å². The van der Waals surface area contributed by atoms with Crippen molar-refractivity contribution in [1.29, 1.82) is 0 Å². The van der Waals surface area contributed by atoms with Gasteiger partial charge < -0.3 is 5.11 Å². The fourth-order valence-electron chi connectivity index (χ4n) is 1.50. The largest absolute Gasteiger partial charge is 0.393 e. The first kappa shape index (κ1) is 14.4. The summed E-state index contributed by atoms with van der Waals surface area (Å²) in [6.07, 6.45) is 7.23. The Labute approximate surface area is 92.2 Å². The van der Waals surface area contributed by atoms with E-state index in [1.54, 1.807) is 0 Å². The van der Waals surface area contributed by atoms with Crippen molar-refractivity contribution in [1.82, 2.24) is 5.43 Å². The predicted octanol–water partition coefficient (Wildman–Crippen LogP) is 1.48. The lowest BCUT2D eigenvalue weighted by Crippen LogP contribution is -2.30. The fraction of sp³-hybridized carbons (Fsp3) is 0.909. The van der Waals surface area contributed by atoms with Crippen molar-refractivity contribution in [2.24, 2.45) is 5.84 Å².